The van der Waals surface area contributed by atoms with Gasteiger partial charge in [-0.05, 0) is 60.4 Å². The highest BCUT2D eigenvalue weighted by atomic mass is 16.5. The van der Waals surface area contributed by atoms with Gasteiger partial charge < -0.3 is 24.6 Å². The normalized spacial score (nSPS) is 18.3. The molecule has 0 aliphatic carbocycles. The summed E-state index contributed by atoms with van der Waals surface area (Å²) in [5, 5.41) is 3.12. The molecule has 2 aliphatic rings. The first kappa shape index (κ1) is 24.9. The molecular weight excluding hydrogens is 442 g/mol. The maximum absolute atomic E-state index is 13.8. The van der Waals surface area contributed by atoms with Gasteiger partial charge in [0, 0.05) is 19.6 Å². The third-order valence-corrected chi connectivity index (χ3v) is 6.97. The molecule has 0 spiro atoms. The fraction of sp³-hybridized carbons (Fsp3) is 0.500. The van der Waals surface area contributed by atoms with Crippen molar-refractivity contribution in [3.05, 3.63) is 59.2 Å². The van der Waals surface area contributed by atoms with Crippen LogP contribution in [0.15, 0.2) is 42.5 Å². The summed E-state index contributed by atoms with van der Waals surface area (Å²) in [4.78, 5) is 30.8. The summed E-state index contributed by atoms with van der Waals surface area (Å²) in [5.41, 5.74) is 3.16. The first-order chi connectivity index (χ1) is 16.9. The van der Waals surface area contributed by atoms with Crippen LogP contribution in [0.1, 0.15) is 55.8 Å². The molecule has 7 heteroatoms. The van der Waals surface area contributed by atoms with Crippen molar-refractivity contribution in [1.29, 1.82) is 0 Å². The number of ether oxygens (including phenoxy) is 2. The Morgan fingerprint density at radius 3 is 2.29 bits per heavy atom. The van der Waals surface area contributed by atoms with Crippen LogP contribution in [0.5, 0.6) is 11.5 Å². The molecule has 7 nitrogen and oxygen atoms in total. The third-order valence-electron chi connectivity index (χ3n) is 6.97. The molecule has 2 aromatic carbocycles. The second-order valence-corrected chi connectivity index (χ2v) is 9.83. The lowest BCUT2D eigenvalue weighted by Gasteiger charge is -2.39. The van der Waals surface area contributed by atoms with Gasteiger partial charge in [-0.25, -0.2) is 4.79 Å². The highest BCUT2D eigenvalue weighted by Crippen LogP contribution is 2.41. The molecule has 2 heterocycles. The summed E-state index contributed by atoms with van der Waals surface area (Å²) >= 11 is 0. The van der Waals surface area contributed by atoms with Crippen molar-refractivity contribution in [2.75, 3.05) is 33.9 Å². The largest absolute Gasteiger partial charge is 0.493 e. The molecule has 1 N–H and O–H groups in total. The number of rotatable bonds is 7. The van der Waals surface area contributed by atoms with E-state index in [9.17, 15) is 9.59 Å². The predicted octanol–water partition coefficient (Wildman–Crippen LogP) is 4.40. The Labute approximate surface area is 208 Å². The van der Waals surface area contributed by atoms with Crippen LogP contribution in [0.4, 0.5) is 4.79 Å². The molecular formula is C28H37N3O4. The number of carbonyl (C=O) groups excluding carboxylic acids is 2. The molecule has 1 fully saturated rings. The van der Waals surface area contributed by atoms with Crippen LogP contribution in [-0.4, -0.2) is 61.6 Å². The van der Waals surface area contributed by atoms with Crippen LogP contribution < -0.4 is 14.8 Å². The Morgan fingerprint density at radius 1 is 1.00 bits per heavy atom. The first-order valence-electron chi connectivity index (χ1n) is 12.6. The average molecular weight is 480 g/mol. The van der Waals surface area contributed by atoms with E-state index in [-0.39, 0.29) is 23.9 Å². The number of nitrogens with one attached hydrogen (secondary N) is 1. The molecule has 188 valence electrons. The minimum absolute atomic E-state index is 0.0321. The van der Waals surface area contributed by atoms with Gasteiger partial charge in [0.1, 0.15) is 6.04 Å². The maximum atomic E-state index is 13.8. The number of fused-ring (bicyclic) bond motifs is 1. The topological polar surface area (TPSA) is 71.1 Å². The molecule has 2 atom stereocenters. The number of hydrogen-bond donors (Lipinski definition) is 1. The number of likely N-dealkylation sites (tertiary alicyclic amines) is 1. The van der Waals surface area contributed by atoms with Crippen LogP contribution in [-0.2, 0) is 11.2 Å². The highest BCUT2D eigenvalue weighted by Gasteiger charge is 2.36. The van der Waals surface area contributed by atoms with E-state index in [2.05, 4.69) is 19.2 Å². The van der Waals surface area contributed by atoms with E-state index < -0.39 is 6.04 Å². The quantitative estimate of drug-likeness (QED) is 0.639. The third kappa shape index (κ3) is 5.39. The van der Waals surface area contributed by atoms with E-state index in [1.54, 1.807) is 14.2 Å². The molecule has 1 unspecified atom stereocenters. The molecule has 0 radical (unpaired) electrons. The zero-order chi connectivity index (χ0) is 24.9. The van der Waals surface area contributed by atoms with Gasteiger partial charge in [-0.15, -0.1) is 0 Å². The van der Waals surface area contributed by atoms with Gasteiger partial charge in [0.15, 0.2) is 11.5 Å². The van der Waals surface area contributed by atoms with E-state index in [1.807, 2.05) is 52.3 Å². The number of hydrogen-bond acceptors (Lipinski definition) is 4. The molecule has 2 aromatic rings. The van der Waals surface area contributed by atoms with Crippen molar-refractivity contribution in [1.82, 2.24) is 15.1 Å². The number of benzene rings is 2. The maximum Gasteiger partial charge on any atom is 0.318 e. The number of carbonyl (C=O) groups is 2. The van der Waals surface area contributed by atoms with Crippen molar-refractivity contribution in [3.8, 4) is 11.5 Å². The summed E-state index contributed by atoms with van der Waals surface area (Å²) in [6, 6.07) is 13.0. The van der Waals surface area contributed by atoms with Gasteiger partial charge >= 0.3 is 6.03 Å². The molecule has 0 aromatic heterocycles. The van der Waals surface area contributed by atoms with Crippen LogP contribution in [0.3, 0.4) is 0 Å². The number of methoxy groups -OCH3 is 2. The Hall–Kier alpha value is -3.22. The number of nitrogens with zero attached hydrogens (tertiary/aromatic N) is 2. The van der Waals surface area contributed by atoms with Gasteiger partial charge in [-0.1, -0.05) is 44.2 Å². The smallest absolute Gasteiger partial charge is 0.318 e. The molecule has 0 saturated carbocycles. The number of amides is 3. The summed E-state index contributed by atoms with van der Waals surface area (Å²) in [7, 11) is 3.25. The second kappa shape index (κ2) is 11.0. The SMILES string of the molecule is COc1cc2c(cc1OC)C(c1ccccc1)N(C(=O)N[C@@H](CC(C)C)C(=O)N1CCCC1)CC2. The molecule has 3 amide bonds. The van der Waals surface area contributed by atoms with Crippen molar-refractivity contribution >= 4 is 11.9 Å². The second-order valence-electron chi connectivity index (χ2n) is 9.83. The standard InChI is InChI=1S/C28H37N3O4/c1-19(2)16-23(27(32)30-13-8-9-14-30)29-28(33)31-15-12-21-17-24(34-3)25(35-4)18-22(21)26(31)20-10-6-5-7-11-20/h5-7,10-11,17-19,23,26H,8-9,12-16H2,1-4H3,(H,29,33)/t23-,26?/m0/s1. The summed E-state index contributed by atoms with van der Waals surface area (Å²) in [6.45, 7) is 6.25. The first-order valence-corrected chi connectivity index (χ1v) is 12.6. The van der Waals surface area contributed by atoms with Gasteiger partial charge in [-0.3, -0.25) is 4.79 Å². The van der Waals surface area contributed by atoms with Gasteiger partial charge in [0.05, 0.1) is 20.3 Å². The Bertz CT molecular complexity index is 1030. The average Bonchev–Trinajstić information content (AvgIpc) is 3.41. The zero-order valence-corrected chi connectivity index (χ0v) is 21.3. The van der Waals surface area contributed by atoms with E-state index in [0.29, 0.717) is 30.9 Å². The lowest BCUT2D eigenvalue weighted by atomic mass is 9.88. The molecule has 2 aliphatic heterocycles. The van der Waals surface area contributed by atoms with Crippen molar-refractivity contribution < 1.29 is 19.1 Å². The van der Waals surface area contributed by atoms with Crippen LogP contribution in [0, 0.1) is 5.92 Å². The Morgan fingerprint density at radius 2 is 1.66 bits per heavy atom. The van der Waals surface area contributed by atoms with Crippen molar-refractivity contribution in [3.63, 3.8) is 0 Å². The van der Waals surface area contributed by atoms with E-state index in [1.165, 1.54) is 0 Å². The zero-order valence-electron chi connectivity index (χ0n) is 21.3. The van der Waals surface area contributed by atoms with Crippen molar-refractivity contribution in [2.24, 2.45) is 5.92 Å². The Balaban J connectivity index is 1.66. The lowest BCUT2D eigenvalue weighted by Crippen LogP contribution is -2.54. The molecule has 35 heavy (non-hydrogen) atoms. The fourth-order valence-corrected chi connectivity index (χ4v) is 5.24. The van der Waals surface area contributed by atoms with E-state index in [0.717, 1.165) is 42.6 Å². The van der Waals surface area contributed by atoms with Gasteiger partial charge in [0.2, 0.25) is 5.91 Å². The predicted molar refractivity (Wildman–Crippen MR) is 136 cm³/mol. The van der Waals surface area contributed by atoms with E-state index >= 15 is 0 Å². The lowest BCUT2D eigenvalue weighted by molar-refractivity contribution is -0.132. The fourth-order valence-electron chi connectivity index (χ4n) is 5.24. The van der Waals surface area contributed by atoms with Gasteiger partial charge in [-0.2, -0.15) is 0 Å². The van der Waals surface area contributed by atoms with Crippen LogP contribution >= 0.6 is 0 Å². The molecule has 1 saturated heterocycles. The Kier molecular flexibility index (Phi) is 7.83. The highest BCUT2D eigenvalue weighted by molar-refractivity contribution is 5.87. The minimum atomic E-state index is -0.524. The molecule has 4 rings (SSSR count). The van der Waals surface area contributed by atoms with Crippen molar-refractivity contribution in [2.45, 2.75) is 51.6 Å². The minimum Gasteiger partial charge on any atom is -0.493 e. The van der Waals surface area contributed by atoms with Gasteiger partial charge in [0.25, 0.3) is 0 Å². The monoisotopic (exact) mass is 479 g/mol. The van der Waals surface area contributed by atoms with E-state index in [4.69, 9.17) is 9.47 Å². The van der Waals surface area contributed by atoms with Crippen LogP contribution in [0.2, 0.25) is 0 Å². The summed E-state index contributed by atoms with van der Waals surface area (Å²) in [5.74, 6) is 1.64. The number of urea groups is 1. The van der Waals surface area contributed by atoms with Crippen LogP contribution in [0.25, 0.3) is 0 Å². The summed E-state index contributed by atoms with van der Waals surface area (Å²) < 4.78 is 11.1. The summed E-state index contributed by atoms with van der Waals surface area (Å²) in [6.07, 6.45) is 3.37. The molecule has 0 bridgehead atoms.